The van der Waals surface area contributed by atoms with Gasteiger partial charge in [0.2, 0.25) is 0 Å². The van der Waals surface area contributed by atoms with E-state index in [0.717, 1.165) is 26.2 Å². The smallest absolute Gasteiger partial charge is 0.250 e. The van der Waals surface area contributed by atoms with Gasteiger partial charge < -0.3 is 15.0 Å². The van der Waals surface area contributed by atoms with Gasteiger partial charge in [0.15, 0.2) is 0 Å². The molecule has 0 unspecified atom stereocenters. The molecule has 3 atom stereocenters. The van der Waals surface area contributed by atoms with Crippen LogP contribution in [-0.2, 0) is 16.1 Å². The van der Waals surface area contributed by atoms with E-state index in [1.54, 1.807) is 0 Å². The van der Waals surface area contributed by atoms with E-state index in [9.17, 15) is 4.79 Å². The lowest BCUT2D eigenvalue weighted by Gasteiger charge is -2.30. The number of nitrogens with one attached hydrogen (secondary N) is 1. The number of hydrogen-bond donors (Lipinski definition) is 1. The zero-order valence-electron chi connectivity index (χ0n) is 14.1. The molecule has 0 aromatic heterocycles. The molecule has 126 valence electrons. The van der Waals surface area contributed by atoms with E-state index in [0.29, 0.717) is 19.1 Å². The first kappa shape index (κ1) is 16.4. The molecule has 1 amide bonds. The molecule has 2 heterocycles. The van der Waals surface area contributed by atoms with Crippen LogP contribution < -0.4 is 5.32 Å². The maximum Gasteiger partial charge on any atom is 0.250 e. The van der Waals surface area contributed by atoms with Gasteiger partial charge in [-0.2, -0.15) is 0 Å². The first-order valence-electron chi connectivity index (χ1n) is 8.48. The Hall–Kier alpha value is -1.43. The standard InChI is InChI=1S/C18H27N3O2/c1-14-10-21(11-15-6-4-3-5-7-15)12-16(14)19-18(22)17-13-20(2)8-9-23-17/h3-7,14,16-17H,8-13H2,1-2H3,(H,19,22)/t14-,16-,17+/m1/s1. The molecular weight excluding hydrogens is 290 g/mol. The number of amides is 1. The summed E-state index contributed by atoms with van der Waals surface area (Å²) in [4.78, 5) is 17.0. The molecule has 2 saturated heterocycles. The van der Waals surface area contributed by atoms with Gasteiger partial charge in [0.25, 0.3) is 5.91 Å². The normalized spacial score (nSPS) is 29.6. The molecule has 1 N–H and O–H groups in total. The van der Waals surface area contributed by atoms with Gasteiger partial charge in [-0.1, -0.05) is 37.3 Å². The Balaban J connectivity index is 1.51. The highest BCUT2D eigenvalue weighted by Crippen LogP contribution is 2.19. The number of carbonyl (C=O) groups excluding carboxylic acids is 1. The maximum atomic E-state index is 12.4. The first-order chi connectivity index (χ1) is 11.1. The van der Waals surface area contributed by atoms with Crippen LogP contribution in [0, 0.1) is 5.92 Å². The number of nitrogens with zero attached hydrogens (tertiary/aromatic N) is 2. The van der Waals surface area contributed by atoms with Gasteiger partial charge in [0, 0.05) is 38.8 Å². The highest BCUT2D eigenvalue weighted by atomic mass is 16.5. The van der Waals surface area contributed by atoms with Crippen molar-refractivity contribution < 1.29 is 9.53 Å². The molecule has 0 saturated carbocycles. The molecule has 3 rings (SSSR count). The Morgan fingerprint density at radius 3 is 2.78 bits per heavy atom. The van der Waals surface area contributed by atoms with Crippen LogP contribution in [0.15, 0.2) is 30.3 Å². The molecule has 1 aromatic rings. The summed E-state index contributed by atoms with van der Waals surface area (Å²) < 4.78 is 5.61. The zero-order chi connectivity index (χ0) is 16.2. The average Bonchev–Trinajstić information content (AvgIpc) is 2.87. The molecular formula is C18H27N3O2. The first-order valence-corrected chi connectivity index (χ1v) is 8.48. The van der Waals surface area contributed by atoms with E-state index >= 15 is 0 Å². The number of morpholine rings is 1. The summed E-state index contributed by atoms with van der Waals surface area (Å²) in [6, 6.07) is 10.7. The Morgan fingerprint density at radius 2 is 2.04 bits per heavy atom. The Labute approximate surface area is 138 Å². The van der Waals surface area contributed by atoms with Crippen molar-refractivity contribution in [2.24, 2.45) is 5.92 Å². The van der Waals surface area contributed by atoms with Crippen molar-refractivity contribution in [2.75, 3.05) is 39.8 Å². The van der Waals surface area contributed by atoms with E-state index in [4.69, 9.17) is 4.74 Å². The van der Waals surface area contributed by atoms with E-state index < -0.39 is 0 Å². The third-order valence-corrected chi connectivity index (χ3v) is 4.83. The van der Waals surface area contributed by atoms with Crippen molar-refractivity contribution in [3.63, 3.8) is 0 Å². The number of rotatable bonds is 4. The minimum atomic E-state index is -0.330. The van der Waals surface area contributed by atoms with Crippen molar-refractivity contribution in [1.29, 1.82) is 0 Å². The molecule has 23 heavy (non-hydrogen) atoms. The number of ether oxygens (including phenoxy) is 1. The maximum absolute atomic E-state index is 12.4. The minimum absolute atomic E-state index is 0.0370. The van der Waals surface area contributed by atoms with Crippen LogP contribution in [0.25, 0.3) is 0 Å². The lowest BCUT2D eigenvalue weighted by molar-refractivity contribution is -0.138. The van der Waals surface area contributed by atoms with Gasteiger partial charge in [0.1, 0.15) is 6.10 Å². The summed E-state index contributed by atoms with van der Waals surface area (Å²) in [6.45, 7) is 7.30. The molecule has 0 radical (unpaired) electrons. The fourth-order valence-electron chi connectivity index (χ4n) is 3.44. The molecule has 5 nitrogen and oxygen atoms in total. The fraction of sp³-hybridized carbons (Fsp3) is 0.611. The van der Waals surface area contributed by atoms with Crippen molar-refractivity contribution in [3.05, 3.63) is 35.9 Å². The highest BCUT2D eigenvalue weighted by Gasteiger charge is 2.33. The Bertz CT molecular complexity index is 522. The van der Waals surface area contributed by atoms with Crippen LogP contribution in [0.3, 0.4) is 0 Å². The predicted molar refractivity (Wildman–Crippen MR) is 90.1 cm³/mol. The molecule has 0 aliphatic carbocycles. The lowest BCUT2D eigenvalue weighted by atomic mass is 10.1. The second kappa shape index (κ2) is 7.43. The van der Waals surface area contributed by atoms with Crippen LogP contribution in [-0.4, -0.2) is 67.7 Å². The summed E-state index contributed by atoms with van der Waals surface area (Å²) in [6.07, 6.45) is -0.330. The van der Waals surface area contributed by atoms with Crippen molar-refractivity contribution in [1.82, 2.24) is 15.1 Å². The van der Waals surface area contributed by atoms with E-state index in [2.05, 4.69) is 46.3 Å². The molecule has 5 heteroatoms. The summed E-state index contributed by atoms with van der Waals surface area (Å²) in [5, 5.41) is 3.20. The van der Waals surface area contributed by atoms with Crippen LogP contribution in [0.1, 0.15) is 12.5 Å². The third-order valence-electron chi connectivity index (χ3n) is 4.83. The monoisotopic (exact) mass is 317 g/mol. The number of likely N-dealkylation sites (N-methyl/N-ethyl adjacent to an activating group) is 1. The van der Waals surface area contributed by atoms with Crippen molar-refractivity contribution in [3.8, 4) is 0 Å². The van der Waals surface area contributed by atoms with Gasteiger partial charge in [-0.05, 0) is 18.5 Å². The third kappa shape index (κ3) is 4.31. The van der Waals surface area contributed by atoms with E-state index in [-0.39, 0.29) is 18.1 Å². The topological polar surface area (TPSA) is 44.8 Å². The van der Waals surface area contributed by atoms with Gasteiger partial charge in [-0.15, -0.1) is 0 Å². The molecule has 0 bridgehead atoms. The minimum Gasteiger partial charge on any atom is -0.366 e. The Morgan fingerprint density at radius 1 is 1.26 bits per heavy atom. The van der Waals surface area contributed by atoms with Crippen LogP contribution >= 0.6 is 0 Å². The number of likely N-dealkylation sites (tertiary alicyclic amines) is 1. The average molecular weight is 317 g/mol. The molecule has 2 aliphatic rings. The van der Waals surface area contributed by atoms with Gasteiger partial charge in [0.05, 0.1) is 6.61 Å². The second-order valence-electron chi connectivity index (χ2n) is 6.89. The number of benzene rings is 1. The molecule has 2 fully saturated rings. The van der Waals surface area contributed by atoms with Crippen LogP contribution in [0.2, 0.25) is 0 Å². The zero-order valence-corrected chi connectivity index (χ0v) is 14.1. The molecule has 1 aromatic carbocycles. The van der Waals surface area contributed by atoms with Crippen LogP contribution in [0.5, 0.6) is 0 Å². The van der Waals surface area contributed by atoms with E-state index in [1.165, 1.54) is 5.56 Å². The molecule has 0 spiro atoms. The lowest BCUT2D eigenvalue weighted by Crippen LogP contribution is -2.52. The second-order valence-corrected chi connectivity index (χ2v) is 6.89. The fourth-order valence-corrected chi connectivity index (χ4v) is 3.44. The summed E-state index contributed by atoms with van der Waals surface area (Å²) in [5.41, 5.74) is 1.32. The van der Waals surface area contributed by atoms with Crippen molar-refractivity contribution in [2.45, 2.75) is 25.6 Å². The Kier molecular flexibility index (Phi) is 5.30. The van der Waals surface area contributed by atoms with Crippen molar-refractivity contribution >= 4 is 5.91 Å². The summed E-state index contributed by atoms with van der Waals surface area (Å²) in [5.74, 6) is 0.499. The van der Waals surface area contributed by atoms with Crippen LogP contribution in [0.4, 0.5) is 0 Å². The highest BCUT2D eigenvalue weighted by molar-refractivity contribution is 5.81. The van der Waals surface area contributed by atoms with Gasteiger partial charge >= 0.3 is 0 Å². The SMILES string of the molecule is C[C@@H]1CN(Cc2ccccc2)C[C@H]1NC(=O)[C@@H]1CN(C)CCO1. The molecule has 2 aliphatic heterocycles. The summed E-state index contributed by atoms with van der Waals surface area (Å²) >= 11 is 0. The summed E-state index contributed by atoms with van der Waals surface area (Å²) in [7, 11) is 2.03. The predicted octanol–water partition coefficient (Wildman–Crippen LogP) is 0.954. The number of carbonyl (C=O) groups is 1. The largest absolute Gasteiger partial charge is 0.366 e. The van der Waals surface area contributed by atoms with Gasteiger partial charge in [-0.3, -0.25) is 9.69 Å². The number of hydrogen-bond acceptors (Lipinski definition) is 4. The van der Waals surface area contributed by atoms with E-state index in [1.807, 2.05) is 13.1 Å². The quantitative estimate of drug-likeness (QED) is 0.898. The van der Waals surface area contributed by atoms with Gasteiger partial charge in [-0.25, -0.2) is 0 Å².